The quantitative estimate of drug-likeness (QED) is 0.186. The van der Waals surface area contributed by atoms with E-state index >= 15 is 0 Å². The summed E-state index contributed by atoms with van der Waals surface area (Å²) in [5.41, 5.74) is 5.67. The monoisotopic (exact) mass is 675 g/mol. The highest BCUT2D eigenvalue weighted by Gasteiger charge is 2.20. The van der Waals surface area contributed by atoms with Crippen LogP contribution in [0.4, 0.5) is 0 Å². The zero-order valence-corrected chi connectivity index (χ0v) is 27.5. The number of aromatic nitrogens is 4. The van der Waals surface area contributed by atoms with Crippen molar-refractivity contribution >= 4 is 75.3 Å². The number of thiophene rings is 1. The van der Waals surface area contributed by atoms with Gasteiger partial charge in [0.05, 0.1) is 23.6 Å². The molecule has 0 spiro atoms. The van der Waals surface area contributed by atoms with E-state index in [-0.39, 0.29) is 29.3 Å². The van der Waals surface area contributed by atoms with E-state index in [1.54, 1.807) is 0 Å². The van der Waals surface area contributed by atoms with Gasteiger partial charge in [0.25, 0.3) is 0 Å². The Labute approximate surface area is 302 Å². The van der Waals surface area contributed by atoms with E-state index in [1.165, 1.54) is 25.6 Å². The van der Waals surface area contributed by atoms with Crippen molar-refractivity contribution in [2.24, 2.45) is 0 Å². The van der Waals surface area contributed by atoms with Crippen LogP contribution in [0.1, 0.15) is 6.85 Å². The lowest BCUT2D eigenvalue weighted by molar-refractivity contribution is 0.666. The molecule has 6 heteroatoms. The third kappa shape index (κ3) is 4.37. The van der Waals surface area contributed by atoms with Gasteiger partial charge in [-0.15, -0.1) is 11.3 Å². The number of para-hydroxylation sites is 2. The normalized spacial score (nSPS) is 13.3. The molecule has 0 saturated carbocycles. The first-order valence-electron chi connectivity index (χ1n) is 19.0. The fourth-order valence-corrected chi connectivity index (χ4v) is 8.37. The summed E-state index contributed by atoms with van der Waals surface area (Å²) in [6.45, 7) is 0. The fraction of sp³-hybridized carbons (Fsp3) is 0. The van der Waals surface area contributed by atoms with Gasteiger partial charge in [-0.25, -0.2) is 15.0 Å². The molecule has 0 radical (unpaired) electrons. The number of hydrogen-bond acceptors (Lipinski definition) is 5. The van der Waals surface area contributed by atoms with E-state index in [9.17, 15) is 0 Å². The van der Waals surface area contributed by atoms with Gasteiger partial charge in [-0.1, -0.05) is 115 Å². The molecular formula is C45H26N4OS. The molecule has 0 amide bonds. The van der Waals surface area contributed by atoms with Gasteiger partial charge in [-0.05, 0) is 42.5 Å². The van der Waals surface area contributed by atoms with E-state index in [4.69, 9.17) is 21.2 Å². The molecule has 5 nitrogen and oxygen atoms in total. The molecule has 238 valence electrons. The Hall–Kier alpha value is -6.63. The molecule has 4 heterocycles. The first kappa shape index (κ1) is 23.7. The second kappa shape index (κ2) is 10.9. The molecule has 11 aromatic rings. The Morgan fingerprint density at radius 2 is 1.22 bits per heavy atom. The highest BCUT2D eigenvalue weighted by molar-refractivity contribution is 7.25. The number of hydrogen-bond donors (Lipinski definition) is 0. The smallest absolute Gasteiger partial charge is 0.164 e. The van der Waals surface area contributed by atoms with Crippen molar-refractivity contribution in [2.45, 2.75) is 0 Å². The molecular weight excluding hydrogens is 645 g/mol. The first-order valence-corrected chi connectivity index (χ1v) is 17.3. The Bertz CT molecular complexity index is 3420. The average Bonchev–Trinajstić information content (AvgIpc) is 3.90. The van der Waals surface area contributed by atoms with E-state index < -0.39 is 18.1 Å². The zero-order chi connectivity index (χ0) is 37.8. The third-order valence-corrected chi connectivity index (χ3v) is 10.7. The minimum Gasteiger partial charge on any atom is -0.454 e. The van der Waals surface area contributed by atoms with Gasteiger partial charge >= 0.3 is 0 Å². The number of fused-ring (bicyclic) bond motifs is 9. The molecule has 11 rings (SSSR count). The fourth-order valence-electron chi connectivity index (χ4n) is 7.24. The molecule has 0 N–H and O–H groups in total. The summed E-state index contributed by atoms with van der Waals surface area (Å²) < 4.78 is 53.6. The van der Waals surface area contributed by atoms with Gasteiger partial charge in [0.15, 0.2) is 23.1 Å². The maximum absolute atomic E-state index is 8.65. The van der Waals surface area contributed by atoms with Gasteiger partial charge in [0.1, 0.15) is 5.58 Å². The maximum Gasteiger partial charge on any atom is 0.164 e. The maximum atomic E-state index is 8.65. The molecule has 0 aliphatic carbocycles. The zero-order valence-electron chi connectivity index (χ0n) is 31.7. The van der Waals surface area contributed by atoms with Crippen molar-refractivity contribution in [3.8, 4) is 39.9 Å². The van der Waals surface area contributed by atoms with Crippen molar-refractivity contribution in [1.29, 1.82) is 0 Å². The third-order valence-electron chi connectivity index (χ3n) is 9.54. The van der Waals surface area contributed by atoms with Crippen molar-refractivity contribution in [1.82, 2.24) is 19.5 Å². The topological polar surface area (TPSA) is 56.7 Å². The van der Waals surface area contributed by atoms with E-state index in [0.717, 1.165) is 38.5 Å². The molecule has 0 aliphatic heterocycles. The van der Waals surface area contributed by atoms with Gasteiger partial charge in [0, 0.05) is 58.4 Å². The van der Waals surface area contributed by atoms with Crippen molar-refractivity contribution in [3.05, 3.63) is 158 Å². The summed E-state index contributed by atoms with van der Waals surface area (Å²) in [5.74, 6) is 0.567. The first-order chi connectivity index (χ1) is 27.3. The molecule has 0 aliphatic rings. The van der Waals surface area contributed by atoms with Crippen LogP contribution in [0.5, 0.6) is 0 Å². The van der Waals surface area contributed by atoms with Crippen LogP contribution in [0, 0.1) is 0 Å². The molecule has 0 saturated heterocycles. The van der Waals surface area contributed by atoms with Gasteiger partial charge in [-0.3, -0.25) is 0 Å². The summed E-state index contributed by atoms with van der Waals surface area (Å²) in [7, 11) is 0. The van der Waals surface area contributed by atoms with E-state index in [1.807, 2.05) is 59.9 Å². The highest BCUT2D eigenvalue weighted by atomic mass is 32.1. The summed E-state index contributed by atoms with van der Waals surface area (Å²) in [5, 5.41) is 6.67. The van der Waals surface area contributed by atoms with Gasteiger partial charge in [-0.2, -0.15) is 0 Å². The Balaban J connectivity index is 1.13. The molecule has 7 aromatic carbocycles. The van der Waals surface area contributed by atoms with Crippen LogP contribution in [-0.4, -0.2) is 19.5 Å². The Morgan fingerprint density at radius 1 is 0.490 bits per heavy atom. The predicted molar refractivity (Wildman–Crippen MR) is 211 cm³/mol. The second-order valence-electron chi connectivity index (χ2n) is 12.5. The van der Waals surface area contributed by atoms with Crippen LogP contribution in [0.15, 0.2) is 162 Å². The molecule has 0 atom stereocenters. The second-order valence-corrected chi connectivity index (χ2v) is 13.5. The summed E-state index contributed by atoms with van der Waals surface area (Å²) in [6.07, 6.45) is 0. The van der Waals surface area contributed by atoms with Gasteiger partial charge in [0.2, 0.25) is 0 Å². The minimum atomic E-state index is -0.481. The average molecular weight is 676 g/mol. The minimum absolute atomic E-state index is 0.0169. The summed E-state index contributed by atoms with van der Waals surface area (Å²) in [6, 6.07) is 40.8. The van der Waals surface area contributed by atoms with Crippen LogP contribution in [0.25, 0.3) is 104 Å². The predicted octanol–water partition coefficient (Wildman–Crippen LogP) is 12.2. The molecule has 0 unspecified atom stereocenters. The SMILES string of the molecule is [2H]c1c([2H])c([2H])c(-c2nc(-c3ccccc3)nc(-c3ccc4c(c3)oc3c(-n5c6ccccc6c6cc7sc8ccccc8c7cc65)cccc34)n2)c([2H])c1[2H]. The molecule has 0 bridgehead atoms. The number of benzene rings is 7. The number of furan rings is 1. The molecule has 4 aromatic heterocycles. The lowest BCUT2D eigenvalue weighted by Crippen LogP contribution is -2.00. The number of rotatable bonds is 4. The van der Waals surface area contributed by atoms with Crippen LogP contribution < -0.4 is 0 Å². The van der Waals surface area contributed by atoms with E-state index in [2.05, 4.69) is 88.4 Å². The number of nitrogens with zero attached hydrogens (tertiary/aromatic N) is 4. The lowest BCUT2D eigenvalue weighted by atomic mass is 10.1. The van der Waals surface area contributed by atoms with Crippen LogP contribution in [0.3, 0.4) is 0 Å². The van der Waals surface area contributed by atoms with E-state index in [0.29, 0.717) is 22.5 Å². The van der Waals surface area contributed by atoms with Crippen molar-refractivity contribution in [3.63, 3.8) is 0 Å². The van der Waals surface area contributed by atoms with Crippen LogP contribution >= 0.6 is 11.3 Å². The lowest BCUT2D eigenvalue weighted by Gasteiger charge is -2.08. The van der Waals surface area contributed by atoms with Gasteiger partial charge < -0.3 is 8.98 Å². The largest absolute Gasteiger partial charge is 0.454 e. The van der Waals surface area contributed by atoms with Crippen molar-refractivity contribution in [2.75, 3.05) is 0 Å². The Morgan fingerprint density at radius 3 is 2.08 bits per heavy atom. The van der Waals surface area contributed by atoms with Crippen molar-refractivity contribution < 1.29 is 11.3 Å². The van der Waals surface area contributed by atoms with Crippen LogP contribution in [-0.2, 0) is 0 Å². The molecule has 51 heavy (non-hydrogen) atoms. The van der Waals surface area contributed by atoms with Crippen LogP contribution in [0.2, 0.25) is 0 Å². The molecule has 0 fully saturated rings. The Kier molecular flexibility index (Phi) is 5.08. The summed E-state index contributed by atoms with van der Waals surface area (Å²) >= 11 is 1.81. The summed E-state index contributed by atoms with van der Waals surface area (Å²) in [4.78, 5) is 14.2. The highest BCUT2D eigenvalue weighted by Crippen LogP contribution is 2.42. The standard InChI is InChI=1S/C45H26N4OS/c1-3-12-27(13-4-1)43-46-44(28-14-5-2-6-15-28)48-45(47-43)29-22-23-31-33-18-11-20-37(42(33)50-39(31)24-29)49-36-19-9-7-16-30(36)34-26-41-35(25-38(34)49)32-17-8-10-21-40(32)51-41/h1-26H/i1D,3D,4D,12D,13D.